The Bertz CT molecular complexity index is 642. The molecule has 0 N–H and O–H groups in total. The number of alkyl halides is 3. The van der Waals surface area contributed by atoms with Crippen LogP contribution in [0.3, 0.4) is 0 Å². The molecule has 0 atom stereocenters. The van der Waals surface area contributed by atoms with Gasteiger partial charge in [0.2, 0.25) is 9.84 Å². The maximum atomic E-state index is 12.8. The predicted molar refractivity (Wildman–Crippen MR) is 57.3 cm³/mol. The summed E-state index contributed by atoms with van der Waals surface area (Å²) in [5.41, 5.74) is -1.56. The molecule has 1 aliphatic rings. The summed E-state index contributed by atoms with van der Waals surface area (Å²) in [6.07, 6.45) is -4.64. The molecule has 0 aromatic heterocycles. The van der Waals surface area contributed by atoms with Crippen molar-refractivity contribution in [1.82, 2.24) is 0 Å². The van der Waals surface area contributed by atoms with Gasteiger partial charge in [-0.1, -0.05) is 6.07 Å². The van der Waals surface area contributed by atoms with Gasteiger partial charge in [-0.15, -0.1) is 0 Å². The fourth-order valence-electron chi connectivity index (χ4n) is 1.89. The summed E-state index contributed by atoms with van der Waals surface area (Å²) >= 11 is 0. The van der Waals surface area contributed by atoms with Crippen LogP contribution in [0.4, 0.5) is 13.2 Å². The van der Waals surface area contributed by atoms with Gasteiger partial charge in [0.25, 0.3) is 0 Å². The summed E-state index contributed by atoms with van der Waals surface area (Å²) in [7, 11) is -3.88. The van der Waals surface area contributed by atoms with E-state index < -0.39 is 32.0 Å². The molecule has 2 rings (SSSR count). The third-order valence-corrected chi connectivity index (χ3v) is 4.11. The maximum Gasteiger partial charge on any atom is 0.417 e. The summed E-state index contributed by atoms with van der Waals surface area (Å²) < 4.78 is 61.7. The van der Waals surface area contributed by atoms with E-state index in [2.05, 4.69) is 0 Å². The van der Waals surface area contributed by atoms with E-state index >= 15 is 0 Å². The van der Waals surface area contributed by atoms with Gasteiger partial charge in [-0.05, 0) is 17.7 Å². The smallest absolute Gasteiger partial charge is 0.303 e. The zero-order valence-corrected chi connectivity index (χ0v) is 9.68. The highest BCUT2D eigenvalue weighted by Crippen LogP contribution is 2.43. The van der Waals surface area contributed by atoms with Crippen molar-refractivity contribution in [2.24, 2.45) is 0 Å². The molecule has 96 valence electrons. The quantitative estimate of drug-likeness (QED) is 0.779. The fraction of sp³-hybridized carbons (Fsp3) is 0.182. The first-order chi connectivity index (χ1) is 8.27. The van der Waals surface area contributed by atoms with Crippen molar-refractivity contribution in [3.8, 4) is 0 Å². The standard InChI is InChI=1S/C11H7F3O3S/c12-11(13,14)8-2-1-3-9-10(8)7(4-5-15)6-18(9,16)17/h1-3,5-6H,4H2. The molecule has 7 heteroatoms. The van der Waals surface area contributed by atoms with Gasteiger partial charge >= 0.3 is 6.18 Å². The average Bonchev–Trinajstić information content (AvgIpc) is 2.50. The lowest BCUT2D eigenvalue weighted by Crippen LogP contribution is -2.09. The van der Waals surface area contributed by atoms with Crippen LogP contribution in [0.5, 0.6) is 0 Å². The molecule has 0 radical (unpaired) electrons. The van der Waals surface area contributed by atoms with Gasteiger partial charge in [-0.25, -0.2) is 8.42 Å². The Labute approximate surface area is 101 Å². The molecule has 0 spiro atoms. The minimum Gasteiger partial charge on any atom is -0.303 e. The van der Waals surface area contributed by atoms with E-state index in [9.17, 15) is 26.4 Å². The van der Waals surface area contributed by atoms with Gasteiger partial charge in [0.15, 0.2) is 0 Å². The summed E-state index contributed by atoms with van der Waals surface area (Å²) in [6.45, 7) is 0. The third kappa shape index (κ3) is 1.94. The summed E-state index contributed by atoms with van der Waals surface area (Å²) in [6, 6.07) is 2.95. The van der Waals surface area contributed by atoms with Crippen molar-refractivity contribution in [3.63, 3.8) is 0 Å². The molecular weight excluding hydrogens is 269 g/mol. The molecule has 1 aliphatic heterocycles. The van der Waals surface area contributed by atoms with Crippen LogP contribution in [0.2, 0.25) is 0 Å². The van der Waals surface area contributed by atoms with Crippen molar-refractivity contribution in [3.05, 3.63) is 34.7 Å². The SMILES string of the molecule is O=CCC1=CS(=O)(=O)c2cccc(C(F)(F)F)c21. The maximum absolute atomic E-state index is 12.8. The van der Waals surface area contributed by atoms with Gasteiger partial charge in [0.1, 0.15) is 6.29 Å². The lowest BCUT2D eigenvalue weighted by molar-refractivity contribution is -0.138. The molecule has 0 unspecified atom stereocenters. The largest absolute Gasteiger partial charge is 0.417 e. The van der Waals surface area contributed by atoms with Gasteiger partial charge < -0.3 is 4.79 Å². The van der Waals surface area contributed by atoms with E-state index in [1.807, 2.05) is 0 Å². The minimum absolute atomic E-state index is 0.118. The molecule has 1 aromatic carbocycles. The number of carbonyl (C=O) groups is 1. The molecule has 0 amide bonds. The van der Waals surface area contributed by atoms with Crippen LogP contribution in [0.15, 0.2) is 28.5 Å². The molecule has 1 heterocycles. The second kappa shape index (κ2) is 3.94. The van der Waals surface area contributed by atoms with Gasteiger partial charge in [0, 0.05) is 17.4 Å². The summed E-state index contributed by atoms with van der Waals surface area (Å²) in [5, 5.41) is 0.724. The molecular formula is C11H7F3O3S. The van der Waals surface area contributed by atoms with Crippen LogP contribution in [-0.4, -0.2) is 14.7 Å². The monoisotopic (exact) mass is 276 g/mol. The molecule has 0 fully saturated rings. The lowest BCUT2D eigenvalue weighted by atomic mass is 9.99. The van der Waals surface area contributed by atoms with Gasteiger partial charge in [0.05, 0.1) is 10.5 Å². The average molecular weight is 276 g/mol. The van der Waals surface area contributed by atoms with E-state index in [4.69, 9.17) is 0 Å². The summed E-state index contributed by atoms with van der Waals surface area (Å²) in [5.74, 6) is 0. The minimum atomic E-state index is -4.66. The van der Waals surface area contributed by atoms with Crippen molar-refractivity contribution in [2.45, 2.75) is 17.5 Å². The van der Waals surface area contributed by atoms with Crippen molar-refractivity contribution < 1.29 is 26.4 Å². The Balaban J connectivity index is 2.78. The van der Waals surface area contributed by atoms with Crippen molar-refractivity contribution in [1.29, 1.82) is 0 Å². The number of sulfone groups is 1. The molecule has 0 bridgehead atoms. The van der Waals surface area contributed by atoms with Gasteiger partial charge in [-0.3, -0.25) is 0 Å². The topological polar surface area (TPSA) is 51.2 Å². The van der Waals surface area contributed by atoms with E-state index in [1.54, 1.807) is 0 Å². The molecule has 0 aliphatic carbocycles. The van der Waals surface area contributed by atoms with E-state index in [-0.39, 0.29) is 12.0 Å². The van der Waals surface area contributed by atoms with E-state index in [0.717, 1.165) is 23.6 Å². The Morgan fingerprint density at radius 1 is 1.22 bits per heavy atom. The number of allylic oxidation sites excluding steroid dienone is 1. The number of aldehydes is 1. The Kier molecular flexibility index (Phi) is 2.81. The molecule has 18 heavy (non-hydrogen) atoms. The molecule has 0 saturated carbocycles. The first kappa shape index (κ1) is 12.8. The van der Waals surface area contributed by atoms with Crippen molar-refractivity contribution >= 4 is 21.7 Å². The van der Waals surface area contributed by atoms with Crippen LogP contribution in [0, 0.1) is 0 Å². The van der Waals surface area contributed by atoms with Crippen LogP contribution in [0.25, 0.3) is 5.57 Å². The number of halogens is 3. The van der Waals surface area contributed by atoms with Gasteiger partial charge in [-0.2, -0.15) is 13.2 Å². The first-order valence-electron chi connectivity index (χ1n) is 4.87. The highest BCUT2D eigenvalue weighted by molar-refractivity contribution is 7.95. The number of rotatable bonds is 2. The molecule has 0 saturated heterocycles. The Hall–Kier alpha value is -1.63. The number of hydrogen-bond acceptors (Lipinski definition) is 3. The number of hydrogen-bond donors (Lipinski definition) is 0. The highest BCUT2D eigenvalue weighted by atomic mass is 32.2. The molecule has 1 aromatic rings. The summed E-state index contributed by atoms with van der Waals surface area (Å²) in [4.78, 5) is 10.0. The van der Waals surface area contributed by atoms with Crippen LogP contribution in [-0.2, 0) is 20.8 Å². The van der Waals surface area contributed by atoms with Crippen LogP contribution >= 0.6 is 0 Å². The Morgan fingerprint density at radius 3 is 2.44 bits per heavy atom. The fourth-order valence-corrected chi connectivity index (χ4v) is 3.39. The van der Waals surface area contributed by atoms with Crippen LogP contribution < -0.4 is 0 Å². The zero-order chi connectivity index (χ0) is 13.6. The number of carbonyl (C=O) groups excluding carboxylic acids is 1. The number of benzene rings is 1. The Morgan fingerprint density at radius 2 is 1.89 bits per heavy atom. The second-order valence-corrected chi connectivity index (χ2v) is 5.50. The number of fused-ring (bicyclic) bond motifs is 1. The second-order valence-electron chi connectivity index (χ2n) is 3.74. The van der Waals surface area contributed by atoms with Crippen molar-refractivity contribution in [2.75, 3.05) is 0 Å². The third-order valence-electron chi connectivity index (χ3n) is 2.56. The highest BCUT2D eigenvalue weighted by Gasteiger charge is 2.39. The lowest BCUT2D eigenvalue weighted by Gasteiger charge is -2.12. The zero-order valence-electron chi connectivity index (χ0n) is 8.86. The normalized spacial score (nSPS) is 17.2. The van der Waals surface area contributed by atoms with Crippen LogP contribution in [0.1, 0.15) is 17.5 Å². The van der Waals surface area contributed by atoms with E-state index in [0.29, 0.717) is 6.29 Å². The first-order valence-corrected chi connectivity index (χ1v) is 6.42. The predicted octanol–water partition coefficient (Wildman–Crippen LogP) is 2.42. The van der Waals surface area contributed by atoms with E-state index in [1.165, 1.54) is 0 Å². The molecule has 3 nitrogen and oxygen atoms in total.